The number of halogens is 1. The Bertz CT molecular complexity index is 1170. The molecule has 0 atom stereocenters. The van der Waals surface area contributed by atoms with Crippen molar-refractivity contribution in [2.24, 2.45) is 0 Å². The van der Waals surface area contributed by atoms with Crippen LogP contribution in [0.3, 0.4) is 0 Å². The first kappa shape index (κ1) is 19.3. The summed E-state index contributed by atoms with van der Waals surface area (Å²) >= 11 is 0. The van der Waals surface area contributed by atoms with Crippen LogP contribution in [0.1, 0.15) is 36.5 Å². The van der Waals surface area contributed by atoms with Gasteiger partial charge in [0.1, 0.15) is 5.82 Å². The van der Waals surface area contributed by atoms with Crippen LogP contribution in [0.15, 0.2) is 52.2 Å². The molecule has 7 heteroatoms. The highest BCUT2D eigenvalue weighted by Crippen LogP contribution is 2.20. The summed E-state index contributed by atoms with van der Waals surface area (Å²) in [5.41, 5.74) is 2.09. The first-order valence-corrected chi connectivity index (χ1v) is 10.1. The van der Waals surface area contributed by atoms with Crippen LogP contribution >= 0.6 is 0 Å². The monoisotopic (exact) mass is 388 g/mol. The van der Waals surface area contributed by atoms with E-state index >= 15 is 0 Å². The van der Waals surface area contributed by atoms with E-state index in [1.165, 1.54) is 13.0 Å². The third-order valence-corrected chi connectivity index (χ3v) is 6.05. The second-order valence-corrected chi connectivity index (χ2v) is 8.59. The lowest BCUT2D eigenvalue weighted by molar-refractivity contribution is 0.579. The Kier molecular flexibility index (Phi) is 5.17. The smallest absolute Gasteiger partial charge is 0.252 e. The van der Waals surface area contributed by atoms with Gasteiger partial charge in [0.15, 0.2) is 0 Å². The van der Waals surface area contributed by atoms with Gasteiger partial charge in [-0.05, 0) is 65.8 Å². The van der Waals surface area contributed by atoms with E-state index in [-0.39, 0.29) is 17.0 Å². The fraction of sp³-hybridized carbons (Fsp3) is 0.250. The molecule has 0 bridgehead atoms. The lowest BCUT2D eigenvalue weighted by Gasteiger charge is -2.11. The molecule has 0 saturated carbocycles. The van der Waals surface area contributed by atoms with Gasteiger partial charge in [-0.15, -0.1) is 0 Å². The number of H-pyrrole nitrogens is 1. The van der Waals surface area contributed by atoms with Crippen LogP contribution in [0, 0.1) is 12.7 Å². The number of hydrogen-bond donors (Lipinski definition) is 2. The molecular formula is C20H21FN2O3S. The molecule has 2 N–H and O–H groups in total. The Morgan fingerprint density at radius 2 is 1.85 bits per heavy atom. The molecule has 0 amide bonds. The van der Waals surface area contributed by atoms with Gasteiger partial charge >= 0.3 is 0 Å². The summed E-state index contributed by atoms with van der Waals surface area (Å²) in [6.45, 7) is 5.52. The van der Waals surface area contributed by atoms with E-state index in [2.05, 4.69) is 23.6 Å². The minimum atomic E-state index is -3.87. The summed E-state index contributed by atoms with van der Waals surface area (Å²) in [6.07, 6.45) is 0. The second-order valence-electron chi connectivity index (χ2n) is 6.86. The zero-order valence-electron chi connectivity index (χ0n) is 15.3. The van der Waals surface area contributed by atoms with E-state index in [4.69, 9.17) is 0 Å². The van der Waals surface area contributed by atoms with Gasteiger partial charge in [0.25, 0.3) is 5.56 Å². The second kappa shape index (κ2) is 7.25. The molecule has 1 aromatic heterocycles. The van der Waals surface area contributed by atoms with Gasteiger partial charge in [0, 0.05) is 17.6 Å². The van der Waals surface area contributed by atoms with Gasteiger partial charge in [0.2, 0.25) is 10.0 Å². The van der Waals surface area contributed by atoms with Crippen molar-refractivity contribution >= 4 is 20.9 Å². The predicted molar refractivity (Wildman–Crippen MR) is 104 cm³/mol. The van der Waals surface area contributed by atoms with Gasteiger partial charge in [-0.25, -0.2) is 17.5 Å². The average Bonchev–Trinajstić information content (AvgIpc) is 2.59. The number of aryl methyl sites for hydroxylation is 1. The summed E-state index contributed by atoms with van der Waals surface area (Å²) < 4.78 is 40.7. The number of rotatable bonds is 5. The normalized spacial score (nSPS) is 12.0. The molecule has 0 aliphatic carbocycles. The molecule has 0 saturated heterocycles. The highest BCUT2D eigenvalue weighted by molar-refractivity contribution is 7.89. The third kappa shape index (κ3) is 4.09. The molecule has 0 aliphatic heterocycles. The summed E-state index contributed by atoms with van der Waals surface area (Å²) in [7, 11) is -3.87. The topological polar surface area (TPSA) is 79.0 Å². The molecule has 0 fully saturated rings. The lowest BCUT2D eigenvalue weighted by Crippen LogP contribution is -2.27. The van der Waals surface area contributed by atoms with Crippen LogP contribution in [0.25, 0.3) is 10.9 Å². The molecule has 142 valence electrons. The zero-order chi connectivity index (χ0) is 19.8. The number of fused-ring (bicyclic) bond motifs is 1. The molecule has 0 radical (unpaired) electrons. The molecule has 0 unspecified atom stereocenters. The van der Waals surface area contributed by atoms with Crippen molar-refractivity contribution in [3.05, 3.63) is 75.3 Å². The van der Waals surface area contributed by atoms with Gasteiger partial charge in [-0.2, -0.15) is 0 Å². The SMILES string of the molecule is Cc1cc(F)ccc1S(=O)(=O)NCc1cc2cc(C(C)C)ccc2[nH]c1=O. The lowest BCUT2D eigenvalue weighted by atomic mass is 10.0. The summed E-state index contributed by atoms with van der Waals surface area (Å²) in [4.78, 5) is 15.0. The molecule has 1 heterocycles. The van der Waals surface area contributed by atoms with E-state index in [0.29, 0.717) is 22.6 Å². The Labute approximate surface area is 157 Å². The van der Waals surface area contributed by atoms with Crippen LogP contribution < -0.4 is 10.3 Å². The molecule has 27 heavy (non-hydrogen) atoms. The van der Waals surface area contributed by atoms with Crippen LogP contribution in [0.2, 0.25) is 0 Å². The maximum absolute atomic E-state index is 13.2. The van der Waals surface area contributed by atoms with E-state index < -0.39 is 15.8 Å². The van der Waals surface area contributed by atoms with Crippen LogP contribution in [-0.4, -0.2) is 13.4 Å². The van der Waals surface area contributed by atoms with E-state index in [9.17, 15) is 17.6 Å². The highest BCUT2D eigenvalue weighted by atomic mass is 32.2. The van der Waals surface area contributed by atoms with Crippen molar-refractivity contribution in [1.82, 2.24) is 9.71 Å². The minimum absolute atomic E-state index is 0.0109. The fourth-order valence-electron chi connectivity index (χ4n) is 2.93. The zero-order valence-corrected chi connectivity index (χ0v) is 16.2. The molecule has 3 aromatic rings. The molecule has 2 aromatic carbocycles. The van der Waals surface area contributed by atoms with Crippen molar-refractivity contribution in [1.29, 1.82) is 0 Å². The number of sulfonamides is 1. The molecular weight excluding hydrogens is 367 g/mol. The summed E-state index contributed by atoms with van der Waals surface area (Å²) in [5.74, 6) is -0.164. The number of hydrogen-bond acceptors (Lipinski definition) is 3. The van der Waals surface area contributed by atoms with E-state index in [1.54, 1.807) is 6.07 Å². The summed E-state index contributed by atoms with van der Waals surface area (Å²) in [6, 6.07) is 11.0. The van der Waals surface area contributed by atoms with Crippen molar-refractivity contribution in [2.75, 3.05) is 0 Å². The van der Waals surface area contributed by atoms with E-state index in [1.807, 2.05) is 18.2 Å². The Balaban J connectivity index is 1.91. The van der Waals surface area contributed by atoms with Crippen LogP contribution in [0.4, 0.5) is 4.39 Å². The largest absolute Gasteiger partial charge is 0.322 e. The number of pyridine rings is 1. The van der Waals surface area contributed by atoms with Gasteiger partial charge < -0.3 is 4.98 Å². The molecule has 3 rings (SSSR count). The highest BCUT2D eigenvalue weighted by Gasteiger charge is 2.18. The quantitative estimate of drug-likeness (QED) is 0.701. The Morgan fingerprint density at radius 1 is 1.11 bits per heavy atom. The average molecular weight is 388 g/mol. The van der Waals surface area contributed by atoms with Crippen molar-refractivity contribution in [2.45, 2.75) is 38.1 Å². The number of aromatic amines is 1. The van der Waals surface area contributed by atoms with Crippen molar-refractivity contribution in [3.63, 3.8) is 0 Å². The first-order valence-electron chi connectivity index (χ1n) is 8.59. The molecule has 5 nitrogen and oxygen atoms in total. The van der Waals surface area contributed by atoms with Crippen LogP contribution in [-0.2, 0) is 16.6 Å². The van der Waals surface area contributed by atoms with Gasteiger partial charge in [-0.1, -0.05) is 19.9 Å². The van der Waals surface area contributed by atoms with Gasteiger partial charge in [0.05, 0.1) is 4.90 Å². The molecule has 0 aliphatic rings. The maximum atomic E-state index is 13.2. The fourth-order valence-corrected chi connectivity index (χ4v) is 4.16. The van der Waals surface area contributed by atoms with Crippen molar-refractivity contribution in [3.8, 4) is 0 Å². The number of nitrogens with one attached hydrogen (secondary N) is 2. The summed E-state index contributed by atoms with van der Waals surface area (Å²) in [5, 5.41) is 0.841. The maximum Gasteiger partial charge on any atom is 0.252 e. The van der Waals surface area contributed by atoms with E-state index in [0.717, 1.165) is 23.1 Å². The van der Waals surface area contributed by atoms with Gasteiger partial charge in [-0.3, -0.25) is 4.79 Å². The number of benzene rings is 2. The molecule has 0 spiro atoms. The minimum Gasteiger partial charge on any atom is -0.322 e. The van der Waals surface area contributed by atoms with Crippen molar-refractivity contribution < 1.29 is 12.8 Å². The predicted octanol–water partition coefficient (Wildman–Crippen LogP) is 3.58. The standard InChI is InChI=1S/C20H21FN2O3S/c1-12(2)14-4-6-18-15(9-14)10-16(20(24)23-18)11-22-27(25,26)19-7-5-17(21)8-13(19)3/h4-10,12,22H,11H2,1-3H3,(H,23,24). The first-order chi connectivity index (χ1) is 12.7. The Hall–Kier alpha value is -2.51. The van der Waals surface area contributed by atoms with Crippen LogP contribution in [0.5, 0.6) is 0 Å². The Morgan fingerprint density at radius 3 is 2.52 bits per heavy atom. The number of aromatic nitrogens is 1. The third-order valence-electron chi connectivity index (χ3n) is 4.49.